The number of carboxylic acids is 2. The van der Waals surface area contributed by atoms with Gasteiger partial charge in [-0.2, -0.15) is 0 Å². The van der Waals surface area contributed by atoms with Crippen LogP contribution in [0.4, 0.5) is 0 Å². The molecule has 0 rings (SSSR count). The van der Waals surface area contributed by atoms with E-state index in [1.807, 2.05) is 13.8 Å². The molecule has 0 heterocycles. The third-order valence-corrected chi connectivity index (χ3v) is 4.24. The summed E-state index contributed by atoms with van der Waals surface area (Å²) in [6.07, 6.45) is 2.56. The first-order chi connectivity index (χ1) is 13.1. The lowest BCUT2D eigenvalue weighted by Crippen LogP contribution is -2.45. The summed E-state index contributed by atoms with van der Waals surface area (Å²) in [5.74, 6) is -3.87. The fraction of sp³-hybridized carbons (Fsp3) is 0.722. The second-order valence-electron chi connectivity index (χ2n) is 6.67. The summed E-state index contributed by atoms with van der Waals surface area (Å²) in [6, 6.07) is -2.28. The normalized spacial score (nSPS) is 13.7. The van der Waals surface area contributed by atoms with Crippen molar-refractivity contribution < 1.29 is 34.2 Å². The average Bonchev–Trinajstić information content (AvgIpc) is 2.62. The SMILES string of the molecule is CCCC(CC)CC(=O)N[C@H](CCC(=O)NCC(=O)N[C@H](C)C(=O)O)C(=O)O. The number of hydrogen-bond acceptors (Lipinski definition) is 5. The molecule has 3 atom stereocenters. The Kier molecular flexibility index (Phi) is 12.2. The molecule has 0 aliphatic carbocycles. The molecule has 0 aromatic rings. The van der Waals surface area contributed by atoms with Crippen LogP contribution < -0.4 is 16.0 Å². The van der Waals surface area contributed by atoms with Crippen LogP contribution in [0.5, 0.6) is 0 Å². The van der Waals surface area contributed by atoms with Crippen molar-refractivity contribution in [3.8, 4) is 0 Å². The van der Waals surface area contributed by atoms with E-state index >= 15 is 0 Å². The van der Waals surface area contributed by atoms with E-state index in [0.717, 1.165) is 19.3 Å². The van der Waals surface area contributed by atoms with Crippen molar-refractivity contribution in [2.75, 3.05) is 6.54 Å². The summed E-state index contributed by atoms with van der Waals surface area (Å²) in [4.78, 5) is 57.3. The Hall–Kier alpha value is -2.65. The van der Waals surface area contributed by atoms with Crippen LogP contribution in [-0.2, 0) is 24.0 Å². The summed E-state index contributed by atoms with van der Waals surface area (Å²) >= 11 is 0. The van der Waals surface area contributed by atoms with Crippen LogP contribution in [0.1, 0.15) is 59.3 Å². The summed E-state index contributed by atoms with van der Waals surface area (Å²) in [6.45, 7) is 4.85. The van der Waals surface area contributed by atoms with Crippen molar-refractivity contribution >= 4 is 29.7 Å². The fourth-order valence-corrected chi connectivity index (χ4v) is 2.53. The summed E-state index contributed by atoms with van der Waals surface area (Å²) in [5, 5.41) is 24.8. The molecule has 5 N–H and O–H groups in total. The van der Waals surface area contributed by atoms with Crippen LogP contribution in [-0.4, -0.2) is 58.5 Å². The summed E-state index contributed by atoms with van der Waals surface area (Å²) < 4.78 is 0. The van der Waals surface area contributed by atoms with E-state index in [-0.39, 0.29) is 31.1 Å². The van der Waals surface area contributed by atoms with Gasteiger partial charge in [0.1, 0.15) is 12.1 Å². The molecule has 0 aromatic carbocycles. The minimum Gasteiger partial charge on any atom is -0.480 e. The molecule has 0 aliphatic rings. The molecule has 0 aromatic heterocycles. The Bertz CT molecular complexity index is 565. The molecular formula is C18H31N3O7. The molecular weight excluding hydrogens is 370 g/mol. The van der Waals surface area contributed by atoms with Gasteiger partial charge in [-0.05, 0) is 19.3 Å². The number of carbonyl (C=O) groups excluding carboxylic acids is 3. The zero-order valence-electron chi connectivity index (χ0n) is 16.6. The van der Waals surface area contributed by atoms with Crippen molar-refractivity contribution in [2.45, 2.75) is 71.4 Å². The number of carbonyl (C=O) groups is 5. The zero-order chi connectivity index (χ0) is 21.7. The lowest BCUT2D eigenvalue weighted by molar-refractivity contribution is -0.142. The molecule has 0 spiro atoms. The van der Waals surface area contributed by atoms with Crippen molar-refractivity contribution in [2.24, 2.45) is 5.92 Å². The van der Waals surface area contributed by atoms with Gasteiger partial charge in [-0.15, -0.1) is 0 Å². The number of aliphatic carboxylic acids is 2. The number of hydrogen-bond donors (Lipinski definition) is 5. The largest absolute Gasteiger partial charge is 0.480 e. The molecule has 0 aliphatic heterocycles. The van der Waals surface area contributed by atoms with Crippen LogP contribution in [0.15, 0.2) is 0 Å². The number of carboxylic acid groups (broad SMARTS) is 2. The molecule has 10 nitrogen and oxygen atoms in total. The van der Waals surface area contributed by atoms with Gasteiger partial charge >= 0.3 is 11.9 Å². The van der Waals surface area contributed by atoms with Gasteiger partial charge in [0.15, 0.2) is 0 Å². The van der Waals surface area contributed by atoms with Crippen LogP contribution >= 0.6 is 0 Å². The third-order valence-electron chi connectivity index (χ3n) is 4.24. The van der Waals surface area contributed by atoms with Crippen molar-refractivity contribution in [3.05, 3.63) is 0 Å². The molecule has 0 saturated heterocycles. The quantitative estimate of drug-likeness (QED) is 0.279. The Morgan fingerprint density at radius 1 is 0.857 bits per heavy atom. The maximum atomic E-state index is 12.0. The van der Waals surface area contributed by atoms with Gasteiger partial charge in [0.2, 0.25) is 17.7 Å². The maximum absolute atomic E-state index is 12.0. The summed E-state index contributed by atoms with van der Waals surface area (Å²) in [7, 11) is 0. The highest BCUT2D eigenvalue weighted by Crippen LogP contribution is 2.15. The molecule has 0 saturated carbocycles. The Balaban J connectivity index is 4.38. The maximum Gasteiger partial charge on any atom is 0.326 e. The van der Waals surface area contributed by atoms with Crippen molar-refractivity contribution in [1.82, 2.24) is 16.0 Å². The number of nitrogens with one attached hydrogen (secondary N) is 3. The van der Waals surface area contributed by atoms with E-state index < -0.39 is 42.4 Å². The molecule has 0 fully saturated rings. The lowest BCUT2D eigenvalue weighted by atomic mass is 9.96. The molecule has 3 amide bonds. The van der Waals surface area contributed by atoms with Crippen LogP contribution in [0.2, 0.25) is 0 Å². The first kappa shape index (κ1) is 25.4. The highest BCUT2D eigenvalue weighted by molar-refractivity contribution is 5.88. The standard InChI is InChI=1S/C18H31N3O7/c1-4-6-12(5-2)9-15(23)21-13(18(27)28)7-8-14(22)19-10-16(24)20-11(3)17(25)26/h11-13H,4-10H2,1-3H3,(H,19,22)(H,20,24)(H,21,23)(H,25,26)(H,27,28)/t11-,12?,13-/m1/s1. The van der Waals surface area contributed by atoms with E-state index in [9.17, 15) is 29.1 Å². The Morgan fingerprint density at radius 3 is 2.00 bits per heavy atom. The monoisotopic (exact) mass is 401 g/mol. The molecule has 0 bridgehead atoms. The third kappa shape index (κ3) is 11.1. The predicted octanol–water partition coefficient (Wildman–Crippen LogP) is 0.258. The Morgan fingerprint density at radius 2 is 1.50 bits per heavy atom. The smallest absolute Gasteiger partial charge is 0.326 e. The number of rotatable bonds is 14. The highest BCUT2D eigenvalue weighted by atomic mass is 16.4. The van der Waals surface area contributed by atoms with Gasteiger partial charge in [-0.1, -0.05) is 33.1 Å². The predicted molar refractivity (Wildman–Crippen MR) is 100 cm³/mol. The van der Waals surface area contributed by atoms with Crippen molar-refractivity contribution in [3.63, 3.8) is 0 Å². The van der Waals surface area contributed by atoms with Gasteiger partial charge in [-0.25, -0.2) is 4.79 Å². The Labute approximate surface area is 164 Å². The molecule has 28 heavy (non-hydrogen) atoms. The summed E-state index contributed by atoms with van der Waals surface area (Å²) in [5.41, 5.74) is 0. The van der Waals surface area contributed by atoms with Gasteiger partial charge in [-0.3, -0.25) is 19.2 Å². The lowest BCUT2D eigenvalue weighted by Gasteiger charge is -2.17. The minimum atomic E-state index is -1.24. The van der Waals surface area contributed by atoms with Gasteiger partial charge in [0, 0.05) is 12.8 Å². The molecule has 0 radical (unpaired) electrons. The van der Waals surface area contributed by atoms with Crippen LogP contribution in [0.25, 0.3) is 0 Å². The van der Waals surface area contributed by atoms with E-state index in [0.29, 0.717) is 0 Å². The molecule has 1 unspecified atom stereocenters. The van der Waals surface area contributed by atoms with E-state index in [2.05, 4.69) is 16.0 Å². The van der Waals surface area contributed by atoms with Crippen molar-refractivity contribution in [1.29, 1.82) is 0 Å². The van der Waals surface area contributed by atoms with Gasteiger partial charge < -0.3 is 26.2 Å². The zero-order valence-corrected chi connectivity index (χ0v) is 16.6. The average molecular weight is 401 g/mol. The van der Waals surface area contributed by atoms with E-state index in [1.165, 1.54) is 6.92 Å². The number of amides is 3. The first-order valence-electron chi connectivity index (χ1n) is 9.41. The topological polar surface area (TPSA) is 162 Å². The minimum absolute atomic E-state index is 0.120. The first-order valence-corrected chi connectivity index (χ1v) is 9.41. The van der Waals surface area contributed by atoms with E-state index in [4.69, 9.17) is 5.11 Å². The van der Waals surface area contributed by atoms with Crippen LogP contribution in [0, 0.1) is 5.92 Å². The van der Waals surface area contributed by atoms with Crippen LogP contribution in [0.3, 0.4) is 0 Å². The highest BCUT2D eigenvalue weighted by Gasteiger charge is 2.22. The second kappa shape index (κ2) is 13.5. The molecule has 160 valence electrons. The van der Waals surface area contributed by atoms with Gasteiger partial charge in [0.25, 0.3) is 0 Å². The second-order valence-corrected chi connectivity index (χ2v) is 6.67. The molecule has 10 heteroatoms. The van der Waals surface area contributed by atoms with Gasteiger partial charge in [0.05, 0.1) is 6.54 Å². The van der Waals surface area contributed by atoms with E-state index in [1.54, 1.807) is 0 Å². The fourth-order valence-electron chi connectivity index (χ4n) is 2.53.